The lowest BCUT2D eigenvalue weighted by molar-refractivity contribution is -0.119. The zero-order chi connectivity index (χ0) is 18.7. The van der Waals surface area contributed by atoms with Gasteiger partial charge in [-0.05, 0) is 18.2 Å². The van der Waals surface area contributed by atoms with Crippen molar-refractivity contribution < 1.29 is 24.5 Å². The van der Waals surface area contributed by atoms with E-state index < -0.39 is 41.2 Å². The lowest BCUT2D eigenvalue weighted by Crippen LogP contribution is -2.38. The van der Waals surface area contributed by atoms with Crippen molar-refractivity contribution in [1.82, 2.24) is 9.13 Å². The van der Waals surface area contributed by atoms with Gasteiger partial charge in [-0.1, -0.05) is 0 Å². The van der Waals surface area contributed by atoms with Gasteiger partial charge in [0.15, 0.2) is 18.1 Å². The second-order valence-electron chi connectivity index (χ2n) is 5.10. The fourth-order valence-electron chi connectivity index (χ4n) is 1.90. The highest BCUT2D eigenvalue weighted by atomic mass is 16.5. The van der Waals surface area contributed by atoms with Crippen LogP contribution in [0.15, 0.2) is 33.9 Å². The summed E-state index contributed by atoms with van der Waals surface area (Å²) in [6.45, 7) is -0.677. The molecule has 1 aromatic heterocycles. The Morgan fingerprint density at radius 1 is 1.08 bits per heavy atom. The number of nitrogens with one attached hydrogen (secondary N) is 1. The van der Waals surface area contributed by atoms with Gasteiger partial charge in [-0.3, -0.25) is 18.7 Å². The van der Waals surface area contributed by atoms with Gasteiger partial charge in [-0.25, -0.2) is 9.59 Å². The molecule has 0 aliphatic heterocycles. The molecule has 2 rings (SSSR count). The summed E-state index contributed by atoms with van der Waals surface area (Å²) in [5.41, 5.74) is -1.29. The molecule has 1 amide bonds. The number of hydrogen-bond acceptors (Lipinski definition) is 7. The van der Waals surface area contributed by atoms with E-state index in [2.05, 4.69) is 5.32 Å². The fraction of sp³-hybridized carbons (Fsp3) is 0.200. The van der Waals surface area contributed by atoms with Gasteiger partial charge in [0, 0.05) is 20.2 Å². The zero-order valence-corrected chi connectivity index (χ0v) is 13.3. The summed E-state index contributed by atoms with van der Waals surface area (Å²) in [6, 6.07) is 4.35. The van der Waals surface area contributed by atoms with Crippen LogP contribution in [0.4, 0.5) is 5.82 Å². The molecule has 1 heterocycles. The Hall–Kier alpha value is -3.56. The molecule has 0 spiro atoms. The Labute approximate surface area is 140 Å². The average molecular weight is 349 g/mol. The Morgan fingerprint density at radius 3 is 2.40 bits per heavy atom. The molecule has 25 heavy (non-hydrogen) atoms. The van der Waals surface area contributed by atoms with E-state index in [-0.39, 0.29) is 11.4 Å². The third-order valence-corrected chi connectivity index (χ3v) is 3.34. The average Bonchev–Trinajstić information content (AvgIpc) is 2.58. The van der Waals surface area contributed by atoms with Crippen molar-refractivity contribution >= 4 is 17.7 Å². The van der Waals surface area contributed by atoms with Crippen LogP contribution in [0.25, 0.3) is 0 Å². The topological polar surface area (TPSA) is 140 Å². The molecular formula is C15H15N3O7. The molecule has 0 saturated carbocycles. The first-order chi connectivity index (χ1) is 11.7. The maximum atomic E-state index is 11.8. The molecule has 10 nitrogen and oxygen atoms in total. The molecule has 0 bridgehead atoms. The second kappa shape index (κ2) is 6.91. The van der Waals surface area contributed by atoms with Gasteiger partial charge in [0.25, 0.3) is 11.5 Å². The summed E-state index contributed by atoms with van der Waals surface area (Å²) in [7, 11) is 2.66. The molecule has 3 N–H and O–H groups in total. The summed E-state index contributed by atoms with van der Waals surface area (Å²) in [4.78, 5) is 46.9. The maximum Gasteiger partial charge on any atom is 0.338 e. The molecule has 0 fully saturated rings. The number of ether oxygens (including phenoxy) is 1. The second-order valence-corrected chi connectivity index (χ2v) is 5.10. The van der Waals surface area contributed by atoms with Gasteiger partial charge in [-0.15, -0.1) is 0 Å². The number of aromatic nitrogens is 2. The van der Waals surface area contributed by atoms with Crippen LogP contribution in [0.3, 0.4) is 0 Å². The van der Waals surface area contributed by atoms with Crippen molar-refractivity contribution in [3.8, 4) is 11.5 Å². The summed E-state index contributed by atoms with van der Waals surface area (Å²) in [5, 5.41) is 20.8. The number of carbonyl (C=O) groups is 2. The molecule has 132 valence electrons. The number of phenolic OH excluding ortho intramolecular Hbond substituents is 2. The predicted molar refractivity (Wildman–Crippen MR) is 85.6 cm³/mol. The Kier molecular flexibility index (Phi) is 4.92. The van der Waals surface area contributed by atoms with E-state index in [4.69, 9.17) is 4.74 Å². The van der Waals surface area contributed by atoms with Crippen LogP contribution in [0, 0.1) is 0 Å². The third kappa shape index (κ3) is 3.86. The summed E-state index contributed by atoms with van der Waals surface area (Å²) < 4.78 is 6.69. The highest BCUT2D eigenvalue weighted by Crippen LogP contribution is 2.25. The van der Waals surface area contributed by atoms with Gasteiger partial charge in [0.2, 0.25) is 0 Å². The minimum Gasteiger partial charge on any atom is -0.504 e. The number of hydrogen-bond donors (Lipinski definition) is 3. The maximum absolute atomic E-state index is 11.8. The Bertz CT molecular complexity index is 959. The molecule has 0 atom stereocenters. The summed E-state index contributed by atoms with van der Waals surface area (Å²) >= 11 is 0. The molecular weight excluding hydrogens is 334 g/mol. The van der Waals surface area contributed by atoms with Crippen molar-refractivity contribution in [3.63, 3.8) is 0 Å². The van der Waals surface area contributed by atoms with Crippen molar-refractivity contribution in [2.75, 3.05) is 11.9 Å². The number of aromatic hydroxyl groups is 2. The normalized spacial score (nSPS) is 10.3. The SMILES string of the molecule is Cn1c(NC(=O)COC(=O)c2ccc(O)c(O)c2)cc(=O)n(C)c1=O. The van der Waals surface area contributed by atoms with Crippen LogP contribution in [0.2, 0.25) is 0 Å². The molecule has 0 radical (unpaired) electrons. The molecule has 2 aromatic rings. The van der Waals surface area contributed by atoms with Crippen LogP contribution in [0.1, 0.15) is 10.4 Å². The first kappa shape index (κ1) is 17.8. The lowest BCUT2D eigenvalue weighted by Gasteiger charge is -2.11. The largest absolute Gasteiger partial charge is 0.504 e. The molecule has 0 aliphatic carbocycles. The minimum atomic E-state index is -0.900. The summed E-state index contributed by atoms with van der Waals surface area (Å²) in [5.74, 6) is -2.62. The number of anilines is 1. The molecule has 0 saturated heterocycles. The smallest absolute Gasteiger partial charge is 0.338 e. The highest BCUT2D eigenvalue weighted by molar-refractivity contribution is 5.95. The standard InChI is InChI=1S/C15H15N3O7/c1-17-11(6-13(22)18(2)15(17)24)16-12(21)7-25-14(23)8-3-4-9(19)10(20)5-8/h3-6,19-20H,7H2,1-2H3,(H,16,21). The van der Waals surface area contributed by atoms with E-state index in [9.17, 15) is 29.4 Å². The van der Waals surface area contributed by atoms with Gasteiger partial charge in [0.1, 0.15) is 5.82 Å². The molecule has 1 aromatic carbocycles. The van der Waals surface area contributed by atoms with Gasteiger partial charge in [-0.2, -0.15) is 0 Å². The van der Waals surface area contributed by atoms with E-state index in [0.29, 0.717) is 0 Å². The number of amides is 1. The van der Waals surface area contributed by atoms with Gasteiger partial charge in [0.05, 0.1) is 5.56 Å². The number of nitrogens with zero attached hydrogens (tertiary/aromatic N) is 2. The lowest BCUT2D eigenvalue weighted by atomic mass is 10.2. The Morgan fingerprint density at radius 2 is 1.76 bits per heavy atom. The number of rotatable bonds is 4. The van der Waals surface area contributed by atoms with Crippen LogP contribution < -0.4 is 16.6 Å². The van der Waals surface area contributed by atoms with Crippen LogP contribution >= 0.6 is 0 Å². The van der Waals surface area contributed by atoms with Crippen molar-refractivity contribution in [2.45, 2.75) is 0 Å². The van der Waals surface area contributed by atoms with E-state index in [1.165, 1.54) is 20.2 Å². The van der Waals surface area contributed by atoms with Crippen LogP contribution in [0.5, 0.6) is 11.5 Å². The quantitative estimate of drug-likeness (QED) is 0.489. The van der Waals surface area contributed by atoms with Crippen molar-refractivity contribution in [1.29, 1.82) is 0 Å². The van der Waals surface area contributed by atoms with E-state index in [0.717, 1.165) is 27.3 Å². The summed E-state index contributed by atoms with van der Waals surface area (Å²) in [6.07, 6.45) is 0. The first-order valence-electron chi connectivity index (χ1n) is 6.96. The predicted octanol–water partition coefficient (Wildman–Crippen LogP) is -0.709. The number of esters is 1. The van der Waals surface area contributed by atoms with Gasteiger partial charge < -0.3 is 20.3 Å². The molecule has 0 unspecified atom stereocenters. The Balaban J connectivity index is 2.04. The molecule has 0 aliphatic rings. The van der Waals surface area contributed by atoms with E-state index >= 15 is 0 Å². The zero-order valence-electron chi connectivity index (χ0n) is 13.3. The molecule has 10 heteroatoms. The minimum absolute atomic E-state index is 0.0450. The van der Waals surface area contributed by atoms with Crippen LogP contribution in [-0.4, -0.2) is 37.8 Å². The third-order valence-electron chi connectivity index (χ3n) is 3.34. The van der Waals surface area contributed by atoms with Crippen LogP contribution in [-0.2, 0) is 23.6 Å². The van der Waals surface area contributed by atoms with E-state index in [1.54, 1.807) is 0 Å². The monoisotopic (exact) mass is 349 g/mol. The van der Waals surface area contributed by atoms with Gasteiger partial charge >= 0.3 is 11.7 Å². The number of benzene rings is 1. The van der Waals surface area contributed by atoms with Crippen molar-refractivity contribution in [3.05, 3.63) is 50.7 Å². The fourth-order valence-corrected chi connectivity index (χ4v) is 1.90. The number of phenols is 2. The van der Waals surface area contributed by atoms with Crippen molar-refractivity contribution in [2.24, 2.45) is 14.1 Å². The highest BCUT2D eigenvalue weighted by Gasteiger charge is 2.14. The number of carbonyl (C=O) groups excluding carboxylic acids is 2. The van der Waals surface area contributed by atoms with E-state index in [1.807, 2.05) is 0 Å². The first-order valence-corrected chi connectivity index (χ1v) is 6.96.